The van der Waals surface area contributed by atoms with Gasteiger partial charge in [0.25, 0.3) is 0 Å². The third-order valence-electron chi connectivity index (χ3n) is 4.79. The monoisotopic (exact) mass is 536 g/mol. The van der Waals surface area contributed by atoms with Gasteiger partial charge in [0, 0.05) is 27.9 Å². The van der Waals surface area contributed by atoms with Gasteiger partial charge in [-0.05, 0) is 44.0 Å². The number of carbonyl (C=O) groups excluding carboxylic acids is 2. The van der Waals surface area contributed by atoms with Crippen LogP contribution in [0.25, 0.3) is 16.4 Å². The van der Waals surface area contributed by atoms with Gasteiger partial charge in [-0.1, -0.05) is 59.6 Å². The fraction of sp³-hybridized carbons (Fsp3) is 0.304. The normalized spacial score (nSPS) is 10.8. The molecule has 4 aromatic rings. The molecule has 0 radical (unpaired) electrons. The van der Waals surface area contributed by atoms with Crippen LogP contribution in [0.15, 0.2) is 33.1 Å². The van der Waals surface area contributed by atoms with Gasteiger partial charge in [-0.25, -0.2) is 9.67 Å². The molecule has 178 valence electrons. The van der Waals surface area contributed by atoms with E-state index in [2.05, 4.69) is 19.0 Å². The molecule has 0 saturated carbocycles. The lowest BCUT2D eigenvalue weighted by Gasteiger charge is -2.03. The fourth-order valence-electron chi connectivity index (χ4n) is 3.30. The molecule has 4 rings (SSSR count). The Morgan fingerprint density at radius 2 is 1.85 bits per heavy atom. The second-order valence-corrected chi connectivity index (χ2v) is 11.3. The number of hydrogen-bond acceptors (Lipinski definition) is 8. The van der Waals surface area contributed by atoms with Gasteiger partial charge in [0.1, 0.15) is 11.5 Å². The Balaban J connectivity index is 0.00000103. The zero-order valence-corrected chi connectivity index (χ0v) is 22.3. The molecule has 0 amide bonds. The Morgan fingerprint density at radius 1 is 1.15 bits per heavy atom. The van der Waals surface area contributed by atoms with Crippen molar-refractivity contribution in [2.45, 2.75) is 50.5 Å². The molecular weight excluding hydrogens is 515 g/mol. The van der Waals surface area contributed by atoms with Gasteiger partial charge in [0.2, 0.25) is 5.13 Å². The average Bonchev–Trinajstić information content (AvgIpc) is 3.42. The predicted molar refractivity (Wildman–Crippen MR) is 134 cm³/mol. The van der Waals surface area contributed by atoms with Crippen molar-refractivity contribution in [3.8, 4) is 16.4 Å². The van der Waals surface area contributed by atoms with Gasteiger partial charge in [0.15, 0.2) is 0 Å². The van der Waals surface area contributed by atoms with E-state index in [1.807, 2.05) is 43.8 Å². The summed E-state index contributed by atoms with van der Waals surface area (Å²) in [6.45, 7) is 10.2. The number of thioether (sulfide) groups is 1. The molecule has 0 aliphatic rings. The van der Waals surface area contributed by atoms with Crippen LogP contribution in [0.2, 0.25) is 10.0 Å². The van der Waals surface area contributed by atoms with Crippen molar-refractivity contribution >= 4 is 52.5 Å². The summed E-state index contributed by atoms with van der Waals surface area (Å²) in [5.41, 5.74) is 5.76. The van der Waals surface area contributed by atoms with Gasteiger partial charge in [0.05, 0.1) is 21.2 Å². The lowest BCUT2D eigenvalue weighted by atomic mass is 10.1. The van der Waals surface area contributed by atoms with E-state index < -0.39 is 0 Å². The molecule has 0 aliphatic carbocycles. The molecule has 34 heavy (non-hydrogen) atoms. The molecule has 0 bridgehead atoms. The molecule has 3 heterocycles. The zero-order chi connectivity index (χ0) is 25.0. The van der Waals surface area contributed by atoms with Crippen molar-refractivity contribution in [1.29, 1.82) is 0 Å². The number of hydrogen-bond donors (Lipinski definition) is 0. The smallest absolute Gasteiger partial charge is 0.361 e. The van der Waals surface area contributed by atoms with Crippen LogP contribution in [0.4, 0.5) is 0 Å². The molecule has 0 spiro atoms. The van der Waals surface area contributed by atoms with Crippen LogP contribution in [0.1, 0.15) is 42.1 Å². The standard InChI is InChI=1S/C22H22Cl2N4OS2.CO2/c1-11(2)30-21-20(19-13(4)27-29-14(19)5)25-22(31-21)28-10-16(12(3)26-28)8-15-6-7-17(23)9-18(15)24;2-1-3/h6-7,9-11H,8H2,1-5H3;. The van der Waals surface area contributed by atoms with Crippen molar-refractivity contribution in [3.63, 3.8) is 0 Å². The highest BCUT2D eigenvalue weighted by Crippen LogP contribution is 2.41. The van der Waals surface area contributed by atoms with Crippen LogP contribution >= 0.6 is 46.3 Å². The Morgan fingerprint density at radius 3 is 2.44 bits per heavy atom. The molecule has 0 unspecified atom stereocenters. The Bertz CT molecular complexity index is 1320. The van der Waals surface area contributed by atoms with E-state index in [0.717, 1.165) is 48.9 Å². The van der Waals surface area contributed by atoms with E-state index in [-0.39, 0.29) is 6.15 Å². The average molecular weight is 537 g/mol. The molecule has 0 aliphatic heterocycles. The summed E-state index contributed by atoms with van der Waals surface area (Å²) in [5, 5.41) is 11.4. The van der Waals surface area contributed by atoms with E-state index in [9.17, 15) is 0 Å². The maximum absolute atomic E-state index is 8.12. The highest BCUT2D eigenvalue weighted by Gasteiger charge is 2.23. The second-order valence-electron chi connectivity index (χ2n) is 7.68. The second kappa shape index (κ2) is 11.3. The van der Waals surface area contributed by atoms with Crippen molar-refractivity contribution in [2.75, 3.05) is 0 Å². The predicted octanol–water partition coefficient (Wildman–Crippen LogP) is 6.72. The fourth-order valence-corrected chi connectivity index (χ4v) is 6.19. The minimum Gasteiger partial charge on any atom is -0.361 e. The highest BCUT2D eigenvalue weighted by atomic mass is 35.5. The van der Waals surface area contributed by atoms with Crippen LogP contribution in [0, 0.1) is 20.8 Å². The molecule has 0 fully saturated rings. The number of aryl methyl sites for hydroxylation is 3. The topological polar surface area (TPSA) is 90.9 Å². The van der Waals surface area contributed by atoms with Crippen molar-refractivity contribution < 1.29 is 14.1 Å². The number of benzene rings is 1. The van der Waals surface area contributed by atoms with E-state index in [1.54, 1.807) is 29.2 Å². The summed E-state index contributed by atoms with van der Waals surface area (Å²) < 4.78 is 8.38. The summed E-state index contributed by atoms with van der Waals surface area (Å²) >= 11 is 15.8. The quantitative estimate of drug-likeness (QED) is 0.252. The van der Waals surface area contributed by atoms with Crippen LogP contribution in [0.5, 0.6) is 0 Å². The van der Waals surface area contributed by atoms with Crippen molar-refractivity contribution in [2.24, 2.45) is 0 Å². The van der Waals surface area contributed by atoms with Crippen LogP contribution in [0.3, 0.4) is 0 Å². The van der Waals surface area contributed by atoms with Gasteiger partial charge in [-0.15, -0.1) is 11.8 Å². The number of thiazole rings is 1. The molecule has 11 heteroatoms. The van der Waals surface area contributed by atoms with Gasteiger partial charge < -0.3 is 4.52 Å². The minimum absolute atomic E-state index is 0.250. The molecule has 0 N–H and O–H groups in total. The van der Waals surface area contributed by atoms with E-state index >= 15 is 0 Å². The largest absolute Gasteiger partial charge is 0.373 e. The van der Waals surface area contributed by atoms with Crippen LogP contribution in [-0.2, 0) is 16.0 Å². The molecule has 0 saturated heterocycles. The Kier molecular flexibility index (Phi) is 8.73. The molecule has 0 atom stereocenters. The van der Waals surface area contributed by atoms with Gasteiger partial charge in [-0.2, -0.15) is 14.7 Å². The Labute approximate surface area is 215 Å². The summed E-state index contributed by atoms with van der Waals surface area (Å²) in [5.74, 6) is 0.773. The van der Waals surface area contributed by atoms with Gasteiger partial charge >= 0.3 is 6.15 Å². The summed E-state index contributed by atoms with van der Waals surface area (Å²) in [6, 6.07) is 5.58. The number of rotatable bonds is 6. The van der Waals surface area contributed by atoms with E-state index in [1.165, 1.54) is 0 Å². The maximum Gasteiger partial charge on any atom is 0.373 e. The summed E-state index contributed by atoms with van der Waals surface area (Å²) in [6.07, 6.45) is 2.96. The first-order valence-corrected chi connectivity index (χ1v) is 12.7. The van der Waals surface area contributed by atoms with E-state index in [0.29, 0.717) is 21.7 Å². The number of halogens is 2. The number of aromatic nitrogens is 4. The van der Waals surface area contributed by atoms with Crippen LogP contribution < -0.4 is 0 Å². The molecule has 1 aromatic carbocycles. The first-order valence-electron chi connectivity index (χ1n) is 10.2. The third-order valence-corrected chi connectivity index (χ3v) is 7.63. The number of nitrogens with zero attached hydrogens (tertiary/aromatic N) is 4. The first-order chi connectivity index (χ1) is 16.1. The summed E-state index contributed by atoms with van der Waals surface area (Å²) in [4.78, 5) is 21.2. The highest BCUT2D eigenvalue weighted by molar-refractivity contribution is 8.01. The lowest BCUT2D eigenvalue weighted by Crippen LogP contribution is -1.94. The Hall–Kier alpha value is -2.42. The maximum atomic E-state index is 8.12. The SMILES string of the molecule is Cc1nn(-c2nc(-c3c(C)noc3C)c(SC(C)C)s2)cc1Cc1ccc(Cl)cc1Cl.O=C=O. The van der Waals surface area contributed by atoms with Crippen LogP contribution in [-0.4, -0.2) is 31.3 Å². The minimum atomic E-state index is 0.250. The zero-order valence-electron chi connectivity index (χ0n) is 19.2. The first kappa shape index (κ1) is 26.2. The van der Waals surface area contributed by atoms with Crippen molar-refractivity contribution in [3.05, 3.63) is 62.7 Å². The molecule has 3 aromatic heterocycles. The van der Waals surface area contributed by atoms with E-state index in [4.69, 9.17) is 47.4 Å². The van der Waals surface area contributed by atoms with Gasteiger partial charge in [-0.3, -0.25) is 0 Å². The van der Waals surface area contributed by atoms with Crippen molar-refractivity contribution in [1.82, 2.24) is 19.9 Å². The summed E-state index contributed by atoms with van der Waals surface area (Å²) in [7, 11) is 0. The third kappa shape index (κ3) is 5.98. The lowest BCUT2D eigenvalue weighted by molar-refractivity contribution is -0.191. The molecule has 7 nitrogen and oxygen atoms in total. The molecular formula is C23H22Cl2N4O3S2.